The lowest BCUT2D eigenvalue weighted by molar-refractivity contribution is -0.694. The number of rotatable bonds is 4. The van der Waals surface area contributed by atoms with E-state index in [4.69, 9.17) is 0 Å². The van der Waals surface area contributed by atoms with Crippen molar-refractivity contribution in [1.29, 1.82) is 0 Å². The van der Waals surface area contributed by atoms with Gasteiger partial charge >= 0.3 is 0 Å². The molecule has 102 valence electrons. The van der Waals surface area contributed by atoms with E-state index in [1.54, 1.807) is 0 Å². The van der Waals surface area contributed by atoms with Crippen LogP contribution in [0.25, 0.3) is 6.08 Å². The lowest BCUT2D eigenvalue weighted by atomic mass is 10.1. The fourth-order valence-electron chi connectivity index (χ4n) is 2.19. The van der Waals surface area contributed by atoms with Crippen LogP contribution in [-0.2, 0) is 6.54 Å². The van der Waals surface area contributed by atoms with Crippen molar-refractivity contribution in [3.63, 3.8) is 0 Å². The van der Waals surface area contributed by atoms with E-state index in [0.29, 0.717) is 6.04 Å². The number of benzene rings is 1. The molecule has 0 spiro atoms. The van der Waals surface area contributed by atoms with E-state index >= 15 is 0 Å². The van der Waals surface area contributed by atoms with Gasteiger partial charge in [-0.25, -0.2) is 9.13 Å². The van der Waals surface area contributed by atoms with Crippen molar-refractivity contribution in [2.24, 2.45) is 0 Å². The Kier molecular flexibility index (Phi) is 5.37. The summed E-state index contributed by atoms with van der Waals surface area (Å²) in [5, 5.41) is 0. The summed E-state index contributed by atoms with van der Waals surface area (Å²) in [6, 6.07) is 9.05. The van der Waals surface area contributed by atoms with E-state index in [2.05, 4.69) is 73.1 Å². The molecule has 19 heavy (non-hydrogen) atoms. The summed E-state index contributed by atoms with van der Waals surface area (Å²) in [6.45, 7) is 11.3. The Morgan fingerprint density at radius 2 is 1.89 bits per heavy atom. The molecule has 0 aliphatic carbocycles. The van der Waals surface area contributed by atoms with Gasteiger partial charge in [-0.2, -0.15) is 0 Å². The molecule has 2 aromatic rings. The van der Waals surface area contributed by atoms with Gasteiger partial charge in [0.15, 0.2) is 0 Å². The molecule has 0 aliphatic heterocycles. The van der Waals surface area contributed by atoms with Gasteiger partial charge in [-0.15, -0.1) is 0 Å². The lowest BCUT2D eigenvalue weighted by Gasteiger charge is -2.04. The molecular weight excluding hydrogens is 256 g/mol. The maximum absolute atomic E-state index is 3.77. The Morgan fingerprint density at radius 3 is 2.37 bits per heavy atom. The van der Waals surface area contributed by atoms with Crippen LogP contribution in [0, 0.1) is 6.92 Å². The number of hydrogen-bond donors (Lipinski definition) is 0. The summed E-state index contributed by atoms with van der Waals surface area (Å²) in [5.41, 5.74) is 2.48. The Hall–Kier alpha value is -1.54. The van der Waals surface area contributed by atoms with Crippen LogP contribution in [-0.4, -0.2) is 4.57 Å². The topological polar surface area (TPSA) is 8.81 Å². The van der Waals surface area contributed by atoms with Crippen LogP contribution in [0.5, 0.6) is 0 Å². The molecule has 2 nitrogen and oxygen atoms in total. The zero-order chi connectivity index (χ0) is 13.1. The zero-order valence-corrected chi connectivity index (χ0v) is 12.6. The highest BCUT2D eigenvalue weighted by Crippen LogP contribution is 2.08. The van der Waals surface area contributed by atoms with E-state index in [0.717, 1.165) is 6.54 Å². The minimum Gasteiger partial charge on any atom is -1.00 e. The summed E-state index contributed by atoms with van der Waals surface area (Å²) in [7, 11) is 0. The van der Waals surface area contributed by atoms with Crippen LogP contribution < -0.4 is 17.0 Å². The first kappa shape index (κ1) is 15.5. The summed E-state index contributed by atoms with van der Waals surface area (Å²) in [5.74, 6) is 1.29. The molecule has 1 heterocycles. The smallest absolute Gasteiger partial charge is 0.253 e. The second kappa shape index (κ2) is 6.58. The Morgan fingerprint density at radius 1 is 1.26 bits per heavy atom. The Balaban J connectivity index is 0.00000180. The van der Waals surface area contributed by atoms with E-state index in [1.165, 1.54) is 17.0 Å². The highest BCUT2D eigenvalue weighted by Gasteiger charge is 2.14. The molecule has 3 heteroatoms. The summed E-state index contributed by atoms with van der Waals surface area (Å²) < 4.78 is 4.57. The lowest BCUT2D eigenvalue weighted by Crippen LogP contribution is -3.00. The first-order chi connectivity index (χ1) is 8.61. The average Bonchev–Trinajstić information content (AvgIpc) is 2.72. The number of nitrogens with zero attached hydrogens (tertiary/aromatic N) is 2. The third kappa shape index (κ3) is 3.48. The van der Waals surface area contributed by atoms with Crippen molar-refractivity contribution < 1.29 is 17.0 Å². The molecule has 0 aliphatic rings. The average molecular weight is 277 g/mol. The van der Waals surface area contributed by atoms with Gasteiger partial charge < -0.3 is 12.4 Å². The maximum Gasteiger partial charge on any atom is 0.253 e. The van der Waals surface area contributed by atoms with Crippen molar-refractivity contribution in [3.8, 4) is 0 Å². The van der Waals surface area contributed by atoms with Crippen LogP contribution in [0.15, 0.2) is 43.2 Å². The minimum atomic E-state index is 0. The van der Waals surface area contributed by atoms with Crippen LogP contribution in [0.1, 0.15) is 36.8 Å². The predicted molar refractivity (Wildman–Crippen MR) is 75.4 cm³/mol. The molecule has 0 unspecified atom stereocenters. The minimum absolute atomic E-state index is 0. The second-order valence-electron chi connectivity index (χ2n) is 4.92. The Labute approximate surface area is 121 Å². The number of aromatic nitrogens is 2. The van der Waals surface area contributed by atoms with Crippen LogP contribution in [0.2, 0.25) is 0 Å². The molecule has 1 aromatic heterocycles. The first-order valence-corrected chi connectivity index (χ1v) is 6.40. The SMILES string of the molecule is C=Cc1ccc(C[n+]2ccn(C(C)C)c2C)cc1.[Cl-]. The van der Waals surface area contributed by atoms with E-state index < -0.39 is 0 Å². The normalized spacial score (nSPS) is 10.3. The van der Waals surface area contributed by atoms with Gasteiger partial charge in [-0.05, 0) is 25.0 Å². The molecule has 1 aromatic carbocycles. The van der Waals surface area contributed by atoms with Crippen molar-refractivity contribution >= 4 is 6.08 Å². The van der Waals surface area contributed by atoms with Gasteiger partial charge in [-0.3, -0.25) is 0 Å². The molecule has 0 saturated carbocycles. The summed E-state index contributed by atoms with van der Waals surface area (Å²) >= 11 is 0. The first-order valence-electron chi connectivity index (χ1n) is 6.40. The standard InChI is InChI=1S/C16H21N2.ClH/c1-5-15-6-8-16(9-7-15)12-17-10-11-18(13(2)3)14(17)4;/h5-11,13H,1,12H2,2-4H3;1H/q+1;/p-1. The third-order valence-electron chi connectivity index (χ3n) is 3.32. The van der Waals surface area contributed by atoms with Gasteiger partial charge in [0, 0.05) is 6.92 Å². The van der Waals surface area contributed by atoms with E-state index in [9.17, 15) is 0 Å². The maximum atomic E-state index is 3.77. The molecule has 0 radical (unpaired) electrons. The fourth-order valence-corrected chi connectivity index (χ4v) is 2.19. The van der Waals surface area contributed by atoms with Gasteiger partial charge in [-0.1, -0.05) is 36.9 Å². The van der Waals surface area contributed by atoms with Crippen molar-refractivity contribution in [3.05, 3.63) is 60.2 Å². The van der Waals surface area contributed by atoms with Gasteiger partial charge in [0.05, 0.1) is 6.04 Å². The van der Waals surface area contributed by atoms with Gasteiger partial charge in [0.1, 0.15) is 18.9 Å². The van der Waals surface area contributed by atoms with Gasteiger partial charge in [0.25, 0.3) is 5.82 Å². The van der Waals surface area contributed by atoms with Crippen LogP contribution >= 0.6 is 0 Å². The largest absolute Gasteiger partial charge is 1.00 e. The van der Waals surface area contributed by atoms with Crippen molar-refractivity contribution in [2.75, 3.05) is 0 Å². The molecule has 0 fully saturated rings. The third-order valence-corrected chi connectivity index (χ3v) is 3.32. The van der Waals surface area contributed by atoms with E-state index in [-0.39, 0.29) is 12.4 Å². The molecule has 0 saturated heterocycles. The molecule has 0 N–H and O–H groups in total. The summed E-state index contributed by atoms with van der Waals surface area (Å²) in [6.07, 6.45) is 6.17. The number of hydrogen-bond acceptors (Lipinski definition) is 0. The summed E-state index contributed by atoms with van der Waals surface area (Å²) in [4.78, 5) is 0. The molecule has 0 amide bonds. The molecule has 2 rings (SSSR count). The zero-order valence-electron chi connectivity index (χ0n) is 11.8. The van der Waals surface area contributed by atoms with Crippen LogP contribution in [0.3, 0.4) is 0 Å². The second-order valence-corrected chi connectivity index (χ2v) is 4.92. The quantitative estimate of drug-likeness (QED) is 0.713. The van der Waals surface area contributed by atoms with Crippen molar-refractivity contribution in [2.45, 2.75) is 33.4 Å². The molecule has 0 bridgehead atoms. The number of imidazole rings is 1. The monoisotopic (exact) mass is 276 g/mol. The highest BCUT2D eigenvalue weighted by molar-refractivity contribution is 5.47. The molecule has 0 atom stereocenters. The Bertz CT molecular complexity index is 538. The predicted octanol–water partition coefficient (Wildman–Crippen LogP) is 0.360. The van der Waals surface area contributed by atoms with Crippen molar-refractivity contribution in [1.82, 2.24) is 4.57 Å². The van der Waals surface area contributed by atoms with E-state index in [1.807, 2.05) is 6.08 Å². The van der Waals surface area contributed by atoms with Gasteiger partial charge in [0.2, 0.25) is 0 Å². The van der Waals surface area contributed by atoms with Crippen LogP contribution in [0.4, 0.5) is 0 Å². The highest BCUT2D eigenvalue weighted by atomic mass is 35.5. The number of halogens is 1. The fraction of sp³-hybridized carbons (Fsp3) is 0.312. The molecular formula is C16H21ClN2.